The van der Waals surface area contributed by atoms with E-state index in [1.165, 1.54) is 11.6 Å². The summed E-state index contributed by atoms with van der Waals surface area (Å²) >= 11 is 0. The third-order valence-electron chi connectivity index (χ3n) is 5.20. The van der Waals surface area contributed by atoms with Gasteiger partial charge >= 0.3 is 0 Å². The number of nitrogens with zero attached hydrogens (tertiary/aromatic N) is 3. The van der Waals surface area contributed by atoms with Crippen molar-refractivity contribution in [2.45, 2.75) is 25.0 Å². The van der Waals surface area contributed by atoms with Gasteiger partial charge in [-0.25, -0.2) is 4.39 Å². The quantitative estimate of drug-likeness (QED) is 0.858. The molecule has 0 saturated carbocycles. The number of pyridine rings is 1. The van der Waals surface area contributed by atoms with Gasteiger partial charge in [-0.15, -0.1) is 0 Å². The number of piperidine rings is 1. The lowest BCUT2D eigenvalue weighted by Gasteiger charge is -2.48. The third-order valence-corrected chi connectivity index (χ3v) is 5.20. The van der Waals surface area contributed by atoms with Crippen LogP contribution in [0.3, 0.4) is 0 Å². The van der Waals surface area contributed by atoms with Crippen LogP contribution in [-0.2, 0) is 11.3 Å². The fraction of sp³-hybridized carbons (Fsp3) is 0.450. The number of aromatic nitrogens is 1. The Bertz CT molecular complexity index is 707. The number of hydrogen-bond donors (Lipinski definition) is 0. The number of anilines is 1. The Hall–Kier alpha value is -1.98. The summed E-state index contributed by atoms with van der Waals surface area (Å²) in [7, 11) is 0. The summed E-state index contributed by atoms with van der Waals surface area (Å²) in [6, 6.07) is 11.0. The minimum Gasteiger partial charge on any atom is -0.370 e. The number of benzene rings is 1. The minimum atomic E-state index is -0.180. The fourth-order valence-corrected chi connectivity index (χ4v) is 4.04. The van der Waals surface area contributed by atoms with Crippen molar-refractivity contribution >= 4 is 5.69 Å². The first-order chi connectivity index (χ1) is 12.2. The molecule has 5 heteroatoms. The molecule has 4 nitrogen and oxygen atoms in total. The molecule has 2 saturated heterocycles. The van der Waals surface area contributed by atoms with Crippen molar-refractivity contribution in [3.05, 3.63) is 60.2 Å². The van der Waals surface area contributed by atoms with Crippen molar-refractivity contribution < 1.29 is 9.13 Å². The van der Waals surface area contributed by atoms with E-state index in [0.717, 1.165) is 57.9 Å². The molecule has 132 valence electrons. The minimum absolute atomic E-state index is 0.157. The van der Waals surface area contributed by atoms with Crippen LogP contribution in [0.1, 0.15) is 18.4 Å². The molecule has 4 rings (SSSR count). The molecule has 2 aromatic rings. The van der Waals surface area contributed by atoms with Gasteiger partial charge in [0.2, 0.25) is 0 Å². The molecular weight excluding hydrogens is 317 g/mol. The lowest BCUT2D eigenvalue weighted by Crippen LogP contribution is -2.59. The average molecular weight is 341 g/mol. The third kappa shape index (κ3) is 3.83. The van der Waals surface area contributed by atoms with Crippen LogP contribution in [0.4, 0.5) is 10.1 Å². The van der Waals surface area contributed by atoms with Crippen LogP contribution in [0.25, 0.3) is 0 Å². The van der Waals surface area contributed by atoms with E-state index in [4.69, 9.17) is 4.74 Å². The number of ether oxygens (including phenoxy) is 1. The van der Waals surface area contributed by atoms with Gasteiger partial charge in [-0.1, -0.05) is 6.07 Å². The molecule has 1 spiro atoms. The van der Waals surface area contributed by atoms with Crippen molar-refractivity contribution in [2.75, 3.05) is 37.7 Å². The topological polar surface area (TPSA) is 28.6 Å². The SMILES string of the molecule is Fc1cccc(N2CCC[C@@]3(CN(Cc4ccncc4)CCO3)C2)c1. The molecule has 25 heavy (non-hydrogen) atoms. The van der Waals surface area contributed by atoms with E-state index in [1.807, 2.05) is 18.5 Å². The molecule has 0 bridgehead atoms. The van der Waals surface area contributed by atoms with E-state index in [1.54, 1.807) is 12.1 Å². The molecule has 1 atom stereocenters. The van der Waals surface area contributed by atoms with Crippen LogP contribution >= 0.6 is 0 Å². The standard InChI is InChI=1S/C20H24FN3O/c21-18-3-1-4-19(13-18)24-10-2-7-20(16-24)15-23(11-12-25-20)14-17-5-8-22-9-6-17/h1,3-6,8-9,13H,2,7,10-12,14-16H2/t20-/m1/s1. The predicted octanol–water partition coefficient (Wildman–Crippen LogP) is 3.09. The first kappa shape index (κ1) is 16.5. The Kier molecular flexibility index (Phi) is 4.68. The maximum absolute atomic E-state index is 13.6. The lowest BCUT2D eigenvalue weighted by molar-refractivity contribution is -0.116. The van der Waals surface area contributed by atoms with Crippen LogP contribution in [0.2, 0.25) is 0 Å². The molecule has 2 aliphatic heterocycles. The Labute approximate surface area is 148 Å². The average Bonchev–Trinajstić information content (AvgIpc) is 2.63. The molecule has 0 radical (unpaired) electrons. The summed E-state index contributed by atoms with van der Waals surface area (Å²) in [6.07, 6.45) is 5.82. The van der Waals surface area contributed by atoms with Gasteiger partial charge in [0, 0.05) is 50.8 Å². The Morgan fingerprint density at radius 1 is 1.12 bits per heavy atom. The zero-order valence-electron chi connectivity index (χ0n) is 14.4. The van der Waals surface area contributed by atoms with Gasteiger partial charge < -0.3 is 9.64 Å². The number of halogens is 1. The highest BCUT2D eigenvalue weighted by atomic mass is 19.1. The summed E-state index contributed by atoms with van der Waals surface area (Å²) in [5.41, 5.74) is 2.08. The fourth-order valence-electron chi connectivity index (χ4n) is 4.04. The van der Waals surface area contributed by atoms with Gasteiger partial charge in [-0.05, 0) is 48.7 Å². The summed E-state index contributed by atoms with van der Waals surface area (Å²) in [4.78, 5) is 8.82. The molecule has 0 aliphatic carbocycles. The molecule has 0 amide bonds. The molecule has 2 aliphatic rings. The van der Waals surface area contributed by atoms with Gasteiger partial charge in [0.15, 0.2) is 0 Å². The first-order valence-corrected chi connectivity index (χ1v) is 8.98. The molecule has 0 N–H and O–H groups in total. The second-order valence-corrected chi connectivity index (χ2v) is 7.10. The highest BCUT2D eigenvalue weighted by molar-refractivity contribution is 5.47. The van der Waals surface area contributed by atoms with E-state index >= 15 is 0 Å². The molecule has 3 heterocycles. The van der Waals surface area contributed by atoms with Gasteiger partial charge in [-0.3, -0.25) is 9.88 Å². The van der Waals surface area contributed by atoms with Crippen LogP contribution < -0.4 is 4.90 Å². The van der Waals surface area contributed by atoms with Crippen molar-refractivity contribution in [1.29, 1.82) is 0 Å². The van der Waals surface area contributed by atoms with Gasteiger partial charge in [0.25, 0.3) is 0 Å². The molecule has 1 aromatic carbocycles. The summed E-state index contributed by atoms with van der Waals surface area (Å²) in [5, 5.41) is 0. The van der Waals surface area contributed by atoms with Gasteiger partial charge in [0.1, 0.15) is 5.82 Å². The summed E-state index contributed by atoms with van der Waals surface area (Å²) < 4.78 is 19.9. The van der Waals surface area contributed by atoms with E-state index in [-0.39, 0.29) is 11.4 Å². The Morgan fingerprint density at radius 3 is 2.84 bits per heavy atom. The van der Waals surface area contributed by atoms with E-state index in [2.05, 4.69) is 26.9 Å². The van der Waals surface area contributed by atoms with Crippen molar-refractivity contribution in [1.82, 2.24) is 9.88 Å². The molecule has 1 aromatic heterocycles. The largest absolute Gasteiger partial charge is 0.370 e. The smallest absolute Gasteiger partial charge is 0.125 e. The van der Waals surface area contributed by atoms with Crippen molar-refractivity contribution in [3.63, 3.8) is 0 Å². The predicted molar refractivity (Wildman–Crippen MR) is 96.0 cm³/mol. The molecule has 2 fully saturated rings. The maximum Gasteiger partial charge on any atom is 0.125 e. The van der Waals surface area contributed by atoms with Gasteiger partial charge in [-0.2, -0.15) is 0 Å². The lowest BCUT2D eigenvalue weighted by atomic mass is 9.90. The van der Waals surface area contributed by atoms with Crippen molar-refractivity contribution in [3.8, 4) is 0 Å². The number of hydrogen-bond acceptors (Lipinski definition) is 4. The monoisotopic (exact) mass is 341 g/mol. The molecular formula is C20H24FN3O. The van der Waals surface area contributed by atoms with Crippen LogP contribution in [0.5, 0.6) is 0 Å². The van der Waals surface area contributed by atoms with Crippen LogP contribution in [0, 0.1) is 5.82 Å². The Morgan fingerprint density at radius 2 is 2.00 bits per heavy atom. The highest BCUT2D eigenvalue weighted by Gasteiger charge is 2.40. The maximum atomic E-state index is 13.6. The normalized spacial score (nSPS) is 24.6. The summed E-state index contributed by atoms with van der Waals surface area (Å²) in [6.45, 7) is 5.32. The number of morpholine rings is 1. The van der Waals surface area contributed by atoms with Crippen LogP contribution in [0.15, 0.2) is 48.8 Å². The zero-order chi connectivity index (χ0) is 17.1. The number of rotatable bonds is 3. The second kappa shape index (κ2) is 7.10. The van der Waals surface area contributed by atoms with Crippen molar-refractivity contribution in [2.24, 2.45) is 0 Å². The molecule has 0 unspecified atom stereocenters. The Balaban J connectivity index is 1.46. The van der Waals surface area contributed by atoms with Gasteiger partial charge in [0.05, 0.1) is 12.2 Å². The van der Waals surface area contributed by atoms with E-state index < -0.39 is 0 Å². The second-order valence-electron chi connectivity index (χ2n) is 7.10. The zero-order valence-corrected chi connectivity index (χ0v) is 14.4. The first-order valence-electron chi connectivity index (χ1n) is 8.98. The summed E-state index contributed by atoms with van der Waals surface area (Å²) in [5.74, 6) is -0.180. The van der Waals surface area contributed by atoms with E-state index in [9.17, 15) is 4.39 Å². The van der Waals surface area contributed by atoms with E-state index in [0.29, 0.717) is 0 Å². The van der Waals surface area contributed by atoms with Crippen LogP contribution in [-0.4, -0.2) is 48.3 Å². The highest BCUT2D eigenvalue weighted by Crippen LogP contribution is 2.32.